The maximum Gasteiger partial charge on any atom is 0.339 e. The van der Waals surface area contributed by atoms with Gasteiger partial charge in [0.25, 0.3) is 0 Å². The number of carbonyl (C=O) groups excluding carboxylic acids is 4. The van der Waals surface area contributed by atoms with Crippen molar-refractivity contribution in [1.82, 2.24) is 0 Å². The summed E-state index contributed by atoms with van der Waals surface area (Å²) in [5.74, 6) is -0.812. The Labute approximate surface area is 286 Å². The molecule has 0 bridgehead atoms. The summed E-state index contributed by atoms with van der Waals surface area (Å²) in [4.78, 5) is 49.5. The van der Waals surface area contributed by atoms with Crippen LogP contribution in [0.2, 0.25) is 0 Å². The first-order valence-corrected chi connectivity index (χ1v) is 17.2. The minimum atomic E-state index is -1.48. The van der Waals surface area contributed by atoms with Crippen molar-refractivity contribution in [1.29, 1.82) is 0 Å². The van der Waals surface area contributed by atoms with Crippen LogP contribution in [0.4, 0.5) is 0 Å². The lowest BCUT2D eigenvalue weighted by Crippen LogP contribution is -2.64. The van der Waals surface area contributed by atoms with E-state index in [1.54, 1.807) is 0 Å². The first-order chi connectivity index (χ1) is 23.5. The molecule has 1 saturated heterocycles. The molecule has 3 aliphatic carbocycles. The molecule has 0 unspecified atom stereocenters. The van der Waals surface area contributed by atoms with Gasteiger partial charge >= 0.3 is 23.9 Å². The molecule has 0 spiro atoms. The number of carbonyl (C=O) groups is 4. The van der Waals surface area contributed by atoms with Crippen LogP contribution in [0.5, 0.6) is 5.75 Å². The molecule has 4 aliphatic rings. The summed E-state index contributed by atoms with van der Waals surface area (Å²) in [6.07, 6.45) is -1.54. The van der Waals surface area contributed by atoms with Gasteiger partial charge in [0.1, 0.15) is 12.4 Å². The molecular weight excluding hydrogens is 632 g/mol. The highest BCUT2D eigenvalue weighted by Gasteiger charge is 2.59. The van der Waals surface area contributed by atoms with Gasteiger partial charge in [0.2, 0.25) is 0 Å². The van der Waals surface area contributed by atoms with Gasteiger partial charge in [-0.3, -0.25) is 14.4 Å². The molecule has 264 valence electrons. The molecule has 1 aliphatic heterocycles. The molecule has 0 amide bonds. The Balaban J connectivity index is 1.20. The van der Waals surface area contributed by atoms with Gasteiger partial charge in [-0.05, 0) is 90.5 Å². The number of benzene rings is 2. The van der Waals surface area contributed by atoms with Gasteiger partial charge in [0.05, 0.1) is 13.2 Å². The number of hydrogen-bond acceptors (Lipinski definition) is 11. The molecule has 0 aromatic heterocycles. The Morgan fingerprint density at radius 2 is 1.53 bits per heavy atom. The maximum atomic E-state index is 12.9. The van der Waals surface area contributed by atoms with Gasteiger partial charge in [-0.2, -0.15) is 0 Å². The van der Waals surface area contributed by atoms with Crippen LogP contribution in [-0.4, -0.2) is 67.8 Å². The van der Waals surface area contributed by atoms with E-state index < -0.39 is 54.6 Å². The predicted octanol–water partition coefficient (Wildman–Crippen LogP) is 5.20. The molecule has 2 aromatic rings. The van der Waals surface area contributed by atoms with Crippen LogP contribution in [0.1, 0.15) is 82.4 Å². The van der Waals surface area contributed by atoms with Crippen LogP contribution in [0.3, 0.4) is 0 Å². The molecule has 2 aromatic carbocycles. The van der Waals surface area contributed by atoms with E-state index in [9.17, 15) is 19.2 Å². The minimum Gasteiger partial charge on any atom is -0.489 e. The second-order valence-corrected chi connectivity index (χ2v) is 14.0. The fraction of sp³-hybridized carbons (Fsp3) is 0.579. The van der Waals surface area contributed by atoms with E-state index in [-0.39, 0.29) is 11.5 Å². The van der Waals surface area contributed by atoms with Crippen LogP contribution in [0, 0.1) is 17.3 Å². The summed E-state index contributed by atoms with van der Waals surface area (Å²) < 4.78 is 40.5. The van der Waals surface area contributed by atoms with Crippen molar-refractivity contribution >= 4 is 23.9 Å². The zero-order chi connectivity index (χ0) is 34.9. The van der Waals surface area contributed by atoms with Crippen LogP contribution in [0.25, 0.3) is 0 Å². The van der Waals surface area contributed by atoms with Crippen molar-refractivity contribution in [3.63, 3.8) is 0 Å². The first-order valence-electron chi connectivity index (χ1n) is 17.2. The Bertz CT molecular complexity index is 1540. The summed E-state index contributed by atoms with van der Waals surface area (Å²) in [6.45, 7) is 6.33. The van der Waals surface area contributed by atoms with Crippen molar-refractivity contribution in [3.05, 3.63) is 65.2 Å². The highest BCUT2D eigenvalue weighted by atomic mass is 16.7. The summed E-state index contributed by atoms with van der Waals surface area (Å²) in [5, 5.41) is 0. The zero-order valence-corrected chi connectivity index (χ0v) is 28.8. The van der Waals surface area contributed by atoms with E-state index in [0.29, 0.717) is 24.4 Å². The average Bonchev–Trinajstić information content (AvgIpc) is 3.41. The average molecular weight is 679 g/mol. The topological polar surface area (TPSA) is 133 Å². The summed E-state index contributed by atoms with van der Waals surface area (Å²) in [6, 6.07) is 16.7. The fourth-order valence-corrected chi connectivity index (χ4v) is 8.92. The van der Waals surface area contributed by atoms with Gasteiger partial charge in [-0.25, -0.2) is 4.79 Å². The predicted molar refractivity (Wildman–Crippen MR) is 174 cm³/mol. The van der Waals surface area contributed by atoms with Gasteiger partial charge in [-0.15, -0.1) is 0 Å². The highest BCUT2D eigenvalue weighted by Crippen LogP contribution is 2.62. The Morgan fingerprint density at radius 3 is 2.22 bits per heavy atom. The van der Waals surface area contributed by atoms with E-state index in [1.807, 2.05) is 18.2 Å². The molecule has 11 heteroatoms. The number of hydrogen-bond donors (Lipinski definition) is 0. The number of ether oxygens (including phenoxy) is 7. The molecule has 10 atom stereocenters. The smallest absolute Gasteiger partial charge is 0.339 e. The standard InChI is InChI=1S/C38H46O11/c1-21(39)45-32-33(46-22(2)40)35(47-23(3)41)37(49-34(32)36(42)43-5)48-31-16-15-30-29-13-11-25-19-26(44-20-24-9-7-6-8-10-24)12-14-27(25)28(29)17-18-38(30,31)4/h6-10,12,14,19,28-35,37H,11,13,15-18,20H2,1-5H3/t28-,29-,30+,31+,32+,33+,34+,35-,37-,38+/m1/s1. The Morgan fingerprint density at radius 1 is 0.837 bits per heavy atom. The van der Waals surface area contributed by atoms with Crippen LogP contribution >= 0.6 is 0 Å². The van der Waals surface area contributed by atoms with Crippen molar-refractivity contribution in [2.24, 2.45) is 17.3 Å². The number of fused-ring (bicyclic) bond motifs is 5. The second kappa shape index (κ2) is 14.5. The number of aryl methyl sites for hydroxylation is 1. The number of rotatable bonds is 9. The van der Waals surface area contributed by atoms with Crippen molar-refractivity contribution in [3.8, 4) is 5.75 Å². The van der Waals surface area contributed by atoms with E-state index in [1.165, 1.54) is 32.1 Å². The van der Waals surface area contributed by atoms with Crippen LogP contribution < -0.4 is 4.74 Å². The molecule has 0 radical (unpaired) electrons. The molecule has 49 heavy (non-hydrogen) atoms. The Kier molecular flexibility index (Phi) is 10.3. The third-order valence-electron chi connectivity index (χ3n) is 11.0. The summed E-state index contributed by atoms with van der Waals surface area (Å²) in [5.41, 5.74) is 3.68. The zero-order valence-electron chi connectivity index (χ0n) is 28.8. The maximum absolute atomic E-state index is 12.9. The molecular formula is C38H46O11. The lowest BCUT2D eigenvalue weighted by molar-refractivity contribution is -0.317. The third kappa shape index (κ3) is 7.19. The molecule has 3 fully saturated rings. The highest BCUT2D eigenvalue weighted by molar-refractivity contribution is 5.77. The largest absolute Gasteiger partial charge is 0.489 e. The Hall–Kier alpha value is -3.96. The first kappa shape index (κ1) is 34.9. The monoisotopic (exact) mass is 678 g/mol. The van der Waals surface area contributed by atoms with Crippen LogP contribution in [-0.2, 0) is 60.6 Å². The molecule has 11 nitrogen and oxygen atoms in total. The van der Waals surface area contributed by atoms with Gasteiger partial charge in [0.15, 0.2) is 30.7 Å². The summed E-state index contributed by atoms with van der Waals surface area (Å²) in [7, 11) is 1.17. The lowest BCUT2D eigenvalue weighted by atomic mass is 9.55. The SMILES string of the molecule is COC(=O)[C@H]1O[C@@H](O[C@H]2CC[C@H]3[C@@H]4CCc5cc(OCc6ccccc6)ccc5[C@H]4CC[C@]23C)[C@H](OC(C)=O)[C@@H](OC(C)=O)[C@@H]1OC(C)=O. The van der Waals surface area contributed by atoms with Gasteiger partial charge in [0, 0.05) is 20.8 Å². The van der Waals surface area contributed by atoms with E-state index in [0.717, 1.165) is 56.8 Å². The minimum absolute atomic E-state index is 0.216. The quantitative estimate of drug-likeness (QED) is 0.256. The molecule has 1 heterocycles. The number of methoxy groups -OCH3 is 1. The molecule has 2 saturated carbocycles. The molecule has 6 rings (SSSR count). The van der Waals surface area contributed by atoms with Gasteiger partial charge < -0.3 is 33.2 Å². The van der Waals surface area contributed by atoms with Crippen molar-refractivity contribution in [2.45, 2.75) is 116 Å². The molecule has 0 N–H and O–H groups in total. The van der Waals surface area contributed by atoms with Crippen molar-refractivity contribution < 1.29 is 52.3 Å². The summed E-state index contributed by atoms with van der Waals surface area (Å²) >= 11 is 0. The third-order valence-corrected chi connectivity index (χ3v) is 11.0. The van der Waals surface area contributed by atoms with E-state index >= 15 is 0 Å². The second-order valence-electron chi connectivity index (χ2n) is 14.0. The van der Waals surface area contributed by atoms with E-state index in [2.05, 4.69) is 37.3 Å². The fourth-order valence-electron chi connectivity index (χ4n) is 8.92. The normalized spacial score (nSPS) is 33.2. The van der Waals surface area contributed by atoms with Gasteiger partial charge in [-0.1, -0.05) is 43.3 Å². The lowest BCUT2D eigenvalue weighted by Gasteiger charge is -2.51. The van der Waals surface area contributed by atoms with Crippen LogP contribution in [0.15, 0.2) is 48.5 Å². The van der Waals surface area contributed by atoms with Crippen molar-refractivity contribution in [2.75, 3.05) is 7.11 Å². The number of esters is 4. The van der Waals surface area contributed by atoms with E-state index in [4.69, 9.17) is 33.2 Å².